The van der Waals surface area contributed by atoms with Crippen LogP contribution in [0, 0.1) is 3.57 Å². The maximum absolute atomic E-state index is 12.6. The second-order valence-electron chi connectivity index (χ2n) is 7.50. The molecule has 2 amide bonds. The Hall–Kier alpha value is -2.81. The molecule has 0 saturated carbocycles. The van der Waals surface area contributed by atoms with E-state index < -0.39 is 0 Å². The molecule has 6 nitrogen and oxygen atoms in total. The first-order valence-corrected chi connectivity index (χ1v) is 10.1. The number of nitrogens with zero attached hydrogens (tertiary/aromatic N) is 2. The molecule has 148 valence electrons. The van der Waals surface area contributed by atoms with Crippen molar-refractivity contribution >= 4 is 40.1 Å². The van der Waals surface area contributed by atoms with Crippen LogP contribution in [0.15, 0.2) is 60.9 Å². The predicted molar refractivity (Wildman–Crippen MR) is 122 cm³/mol. The molecular formula is C22H21IN4O2. The molecule has 0 bridgehead atoms. The van der Waals surface area contributed by atoms with Crippen LogP contribution in [0.2, 0.25) is 0 Å². The fourth-order valence-electron chi connectivity index (χ4n) is 2.59. The maximum atomic E-state index is 12.6. The lowest BCUT2D eigenvalue weighted by molar-refractivity contribution is 0.0912. The van der Waals surface area contributed by atoms with Crippen molar-refractivity contribution in [2.24, 2.45) is 0 Å². The number of amides is 2. The lowest BCUT2D eigenvalue weighted by Gasteiger charge is -2.20. The van der Waals surface area contributed by atoms with Crippen molar-refractivity contribution in [1.29, 1.82) is 0 Å². The number of nitrogens with one attached hydrogen (secondary N) is 2. The van der Waals surface area contributed by atoms with Crippen LogP contribution in [-0.2, 0) is 0 Å². The van der Waals surface area contributed by atoms with E-state index in [0.29, 0.717) is 11.3 Å². The Kier molecular flexibility index (Phi) is 6.26. The number of carbonyl (C=O) groups excluding carboxylic acids is 2. The first-order chi connectivity index (χ1) is 13.7. The van der Waals surface area contributed by atoms with Gasteiger partial charge in [-0.25, -0.2) is 0 Å². The Balaban J connectivity index is 1.75. The van der Waals surface area contributed by atoms with E-state index in [1.165, 1.54) is 6.20 Å². The van der Waals surface area contributed by atoms with Crippen molar-refractivity contribution in [3.63, 3.8) is 0 Å². The Labute approximate surface area is 183 Å². The van der Waals surface area contributed by atoms with Crippen LogP contribution in [0.5, 0.6) is 0 Å². The average molecular weight is 500 g/mol. The molecule has 1 aromatic carbocycles. The zero-order valence-corrected chi connectivity index (χ0v) is 18.5. The molecule has 2 heterocycles. The highest BCUT2D eigenvalue weighted by atomic mass is 127. The Bertz CT molecular complexity index is 1030. The topological polar surface area (TPSA) is 84.0 Å². The number of pyridine rings is 2. The number of hydrogen-bond acceptors (Lipinski definition) is 4. The van der Waals surface area contributed by atoms with E-state index in [-0.39, 0.29) is 23.0 Å². The summed E-state index contributed by atoms with van der Waals surface area (Å²) in [5.74, 6) is -0.574. The molecule has 0 radical (unpaired) electrons. The highest BCUT2D eigenvalue weighted by molar-refractivity contribution is 14.1. The van der Waals surface area contributed by atoms with Gasteiger partial charge >= 0.3 is 0 Å². The molecule has 2 aromatic heterocycles. The number of hydrogen-bond donors (Lipinski definition) is 2. The van der Waals surface area contributed by atoms with Gasteiger partial charge in [0.05, 0.1) is 11.3 Å². The van der Waals surface area contributed by atoms with E-state index >= 15 is 0 Å². The largest absolute Gasteiger partial charge is 0.346 e. The predicted octanol–water partition coefficient (Wildman–Crippen LogP) is 4.53. The SMILES string of the molecule is CC(C)(C)NC(=O)c1ccc(C(=O)Nc2ccc(I)c(-c3ccccn3)c2)cn1. The normalized spacial score (nSPS) is 11.0. The lowest BCUT2D eigenvalue weighted by Crippen LogP contribution is -2.40. The third kappa shape index (κ3) is 5.60. The van der Waals surface area contributed by atoms with Gasteiger partial charge in [0.15, 0.2) is 0 Å². The molecule has 0 aliphatic heterocycles. The van der Waals surface area contributed by atoms with Gasteiger partial charge in [-0.3, -0.25) is 19.6 Å². The third-order valence-corrected chi connectivity index (χ3v) is 4.85. The van der Waals surface area contributed by atoms with Gasteiger partial charge in [0.1, 0.15) is 5.69 Å². The molecule has 0 unspecified atom stereocenters. The molecule has 0 aliphatic rings. The molecular weight excluding hydrogens is 479 g/mol. The van der Waals surface area contributed by atoms with Gasteiger partial charge in [0.2, 0.25) is 0 Å². The molecule has 29 heavy (non-hydrogen) atoms. The van der Waals surface area contributed by atoms with Crippen molar-refractivity contribution in [3.8, 4) is 11.3 Å². The molecule has 2 N–H and O–H groups in total. The van der Waals surface area contributed by atoms with E-state index in [1.807, 2.05) is 57.2 Å². The fourth-order valence-corrected chi connectivity index (χ4v) is 3.20. The van der Waals surface area contributed by atoms with Gasteiger partial charge in [0, 0.05) is 32.8 Å². The summed E-state index contributed by atoms with van der Waals surface area (Å²) in [4.78, 5) is 33.2. The van der Waals surface area contributed by atoms with Crippen molar-refractivity contribution < 1.29 is 9.59 Å². The van der Waals surface area contributed by atoms with E-state index in [2.05, 4.69) is 43.2 Å². The summed E-state index contributed by atoms with van der Waals surface area (Å²) in [5.41, 5.74) is 2.72. The molecule has 0 fully saturated rings. The average Bonchev–Trinajstić information content (AvgIpc) is 2.69. The number of benzene rings is 1. The number of aromatic nitrogens is 2. The molecule has 0 aliphatic carbocycles. The first-order valence-electron chi connectivity index (χ1n) is 9.04. The van der Waals surface area contributed by atoms with Crippen LogP contribution in [0.25, 0.3) is 11.3 Å². The summed E-state index contributed by atoms with van der Waals surface area (Å²) < 4.78 is 1.04. The van der Waals surface area contributed by atoms with Gasteiger partial charge in [0.25, 0.3) is 11.8 Å². The summed E-state index contributed by atoms with van der Waals surface area (Å²) in [6.07, 6.45) is 3.14. The maximum Gasteiger partial charge on any atom is 0.270 e. The fraction of sp³-hybridized carbons (Fsp3) is 0.182. The minimum absolute atomic E-state index is 0.267. The zero-order chi connectivity index (χ0) is 21.0. The van der Waals surface area contributed by atoms with Gasteiger partial charge < -0.3 is 10.6 Å². The summed E-state index contributed by atoms with van der Waals surface area (Å²) in [6, 6.07) is 14.5. The van der Waals surface area contributed by atoms with Gasteiger partial charge in [-0.2, -0.15) is 0 Å². The van der Waals surface area contributed by atoms with Crippen LogP contribution >= 0.6 is 22.6 Å². The Morgan fingerprint density at radius 1 is 0.966 bits per heavy atom. The number of rotatable bonds is 4. The van der Waals surface area contributed by atoms with Crippen LogP contribution in [0.3, 0.4) is 0 Å². The summed E-state index contributed by atoms with van der Waals surface area (Å²) in [6.45, 7) is 5.69. The molecule has 0 atom stereocenters. The van der Waals surface area contributed by atoms with Crippen LogP contribution in [-0.4, -0.2) is 27.3 Å². The first kappa shape index (κ1) is 20.9. The standard InChI is InChI=1S/C22H21IN4O2/c1-22(2,3)27-21(29)19-10-7-14(13-25-19)20(28)26-15-8-9-17(23)16(12-15)18-6-4-5-11-24-18/h4-13H,1-3H3,(H,26,28)(H,27,29). The molecule has 0 saturated heterocycles. The van der Waals surface area contributed by atoms with Crippen LogP contribution in [0.1, 0.15) is 41.6 Å². The van der Waals surface area contributed by atoms with Gasteiger partial charge in [-0.15, -0.1) is 0 Å². The molecule has 3 rings (SSSR count). The quantitative estimate of drug-likeness (QED) is 0.516. The second-order valence-corrected chi connectivity index (χ2v) is 8.66. The number of halogens is 1. The van der Waals surface area contributed by atoms with E-state index in [9.17, 15) is 9.59 Å². The van der Waals surface area contributed by atoms with Crippen LogP contribution in [0.4, 0.5) is 5.69 Å². The highest BCUT2D eigenvalue weighted by Gasteiger charge is 2.17. The molecule has 3 aromatic rings. The number of anilines is 1. The van der Waals surface area contributed by atoms with Crippen LogP contribution < -0.4 is 10.6 Å². The van der Waals surface area contributed by atoms with Gasteiger partial charge in [-0.05, 0) is 85.8 Å². The van der Waals surface area contributed by atoms with E-state index in [4.69, 9.17) is 0 Å². The smallest absolute Gasteiger partial charge is 0.270 e. The summed E-state index contributed by atoms with van der Waals surface area (Å²) in [5, 5.41) is 5.71. The lowest BCUT2D eigenvalue weighted by atomic mass is 10.1. The second kappa shape index (κ2) is 8.69. The minimum atomic E-state index is -0.356. The Morgan fingerprint density at radius 2 is 1.76 bits per heavy atom. The zero-order valence-electron chi connectivity index (χ0n) is 16.4. The van der Waals surface area contributed by atoms with Crippen molar-refractivity contribution in [3.05, 3.63) is 75.8 Å². The summed E-state index contributed by atoms with van der Waals surface area (Å²) >= 11 is 2.24. The van der Waals surface area contributed by atoms with Gasteiger partial charge in [-0.1, -0.05) is 6.07 Å². The third-order valence-electron chi connectivity index (χ3n) is 3.91. The van der Waals surface area contributed by atoms with E-state index in [0.717, 1.165) is 14.8 Å². The molecule has 0 spiro atoms. The molecule has 7 heteroatoms. The summed E-state index contributed by atoms with van der Waals surface area (Å²) in [7, 11) is 0. The monoisotopic (exact) mass is 500 g/mol. The number of carbonyl (C=O) groups is 2. The minimum Gasteiger partial charge on any atom is -0.346 e. The Morgan fingerprint density at radius 3 is 2.38 bits per heavy atom. The van der Waals surface area contributed by atoms with E-state index in [1.54, 1.807) is 18.3 Å². The highest BCUT2D eigenvalue weighted by Crippen LogP contribution is 2.27. The van der Waals surface area contributed by atoms with Crippen molar-refractivity contribution in [2.45, 2.75) is 26.3 Å². The van der Waals surface area contributed by atoms with Crippen molar-refractivity contribution in [1.82, 2.24) is 15.3 Å². The van der Waals surface area contributed by atoms with Crippen molar-refractivity contribution in [2.75, 3.05) is 5.32 Å².